The Balaban J connectivity index is 1.14. The minimum absolute atomic E-state index is 0.568. The molecule has 0 radical (unpaired) electrons. The van der Waals surface area contributed by atoms with Crippen LogP contribution in [0, 0.1) is 0 Å². The van der Waals surface area contributed by atoms with Gasteiger partial charge in [0.05, 0.1) is 22.5 Å². The van der Waals surface area contributed by atoms with Crippen molar-refractivity contribution in [3.63, 3.8) is 0 Å². The molecule has 1 spiro atoms. The maximum Gasteiger partial charge on any atom is 0.160 e. The highest BCUT2D eigenvalue weighted by molar-refractivity contribution is 7.99. The summed E-state index contributed by atoms with van der Waals surface area (Å²) in [5, 5.41) is 2.33. The fourth-order valence-electron chi connectivity index (χ4n) is 9.62. The van der Waals surface area contributed by atoms with E-state index in [0.29, 0.717) is 5.82 Å². The number of hydrogen-bond acceptors (Lipinski definition) is 4. The number of fused-ring (bicyclic) bond motifs is 10. The van der Waals surface area contributed by atoms with Gasteiger partial charge in [0.25, 0.3) is 0 Å². The zero-order valence-corrected chi connectivity index (χ0v) is 33.3. The van der Waals surface area contributed by atoms with Crippen molar-refractivity contribution < 1.29 is 0 Å². The van der Waals surface area contributed by atoms with Crippen LogP contribution in [-0.4, -0.2) is 15.0 Å². The molecule has 2 aliphatic rings. The predicted molar refractivity (Wildman–Crippen MR) is 246 cm³/mol. The van der Waals surface area contributed by atoms with Crippen LogP contribution >= 0.6 is 11.8 Å². The first-order chi connectivity index (χ1) is 29.8. The van der Waals surface area contributed by atoms with Gasteiger partial charge in [-0.1, -0.05) is 200 Å². The Morgan fingerprint density at radius 1 is 0.367 bits per heavy atom. The van der Waals surface area contributed by atoms with Crippen molar-refractivity contribution in [3.8, 4) is 67.4 Å². The summed E-state index contributed by atoms with van der Waals surface area (Å²) < 4.78 is 0. The lowest BCUT2D eigenvalue weighted by atomic mass is 9.66. The molecule has 0 bridgehead atoms. The van der Waals surface area contributed by atoms with Gasteiger partial charge in [0.15, 0.2) is 5.82 Å². The van der Waals surface area contributed by atoms with Crippen molar-refractivity contribution in [2.45, 2.75) is 15.2 Å². The molecule has 0 fully saturated rings. The van der Waals surface area contributed by atoms with E-state index in [1.807, 2.05) is 30.1 Å². The summed E-state index contributed by atoms with van der Waals surface area (Å²) in [6.07, 6.45) is 1.92. The Kier molecular flexibility index (Phi) is 8.00. The molecule has 12 rings (SSSR count). The Hall–Kier alpha value is -7.40. The lowest BCUT2D eigenvalue weighted by Gasteiger charge is -2.41. The van der Waals surface area contributed by atoms with Crippen LogP contribution < -0.4 is 0 Å². The molecule has 1 aliphatic heterocycles. The molecule has 1 aliphatic carbocycles. The van der Waals surface area contributed by atoms with Crippen molar-refractivity contribution in [2.75, 3.05) is 0 Å². The summed E-state index contributed by atoms with van der Waals surface area (Å²) in [4.78, 5) is 17.9. The van der Waals surface area contributed by atoms with Gasteiger partial charge in [-0.15, -0.1) is 0 Å². The van der Waals surface area contributed by atoms with Gasteiger partial charge in [-0.25, -0.2) is 9.97 Å². The van der Waals surface area contributed by atoms with Gasteiger partial charge in [-0.3, -0.25) is 4.98 Å². The van der Waals surface area contributed by atoms with E-state index in [-0.39, 0.29) is 0 Å². The second-order valence-electron chi connectivity index (χ2n) is 15.5. The van der Waals surface area contributed by atoms with Gasteiger partial charge in [0, 0.05) is 43.6 Å². The monoisotopic (exact) mass is 781 g/mol. The minimum atomic E-state index is -0.568. The zero-order valence-electron chi connectivity index (χ0n) is 32.5. The highest BCUT2D eigenvalue weighted by atomic mass is 32.2. The molecular formula is C56H35N3S. The summed E-state index contributed by atoms with van der Waals surface area (Å²) in [5.74, 6) is 0.705. The normalized spacial score (nSPS) is 13.1. The molecule has 8 aromatic carbocycles. The molecule has 60 heavy (non-hydrogen) atoms. The van der Waals surface area contributed by atoms with Crippen LogP contribution in [0.3, 0.4) is 0 Å². The number of nitrogens with zero attached hydrogens (tertiary/aromatic N) is 3. The SMILES string of the molecule is c1ccc(-c2cc(-c3cccc4c3Sc3c(-c5cccc(-c6nccc7ccccc67)c5)cccc3C43c4ccccc4-c4ccccc43)nc(-c3ccccc3)n2)cc1. The Bertz CT molecular complexity index is 3190. The van der Waals surface area contributed by atoms with E-state index in [9.17, 15) is 0 Å². The van der Waals surface area contributed by atoms with Gasteiger partial charge in [0.2, 0.25) is 0 Å². The van der Waals surface area contributed by atoms with Crippen LogP contribution in [0.5, 0.6) is 0 Å². The number of aromatic nitrogens is 3. The third kappa shape index (κ3) is 5.28. The van der Waals surface area contributed by atoms with E-state index in [4.69, 9.17) is 15.0 Å². The molecule has 0 saturated carbocycles. The number of hydrogen-bond donors (Lipinski definition) is 0. The van der Waals surface area contributed by atoms with Crippen LogP contribution in [0.2, 0.25) is 0 Å². The topological polar surface area (TPSA) is 38.7 Å². The van der Waals surface area contributed by atoms with Crippen molar-refractivity contribution in [3.05, 3.63) is 235 Å². The van der Waals surface area contributed by atoms with E-state index in [0.717, 1.165) is 50.3 Å². The molecule has 3 nitrogen and oxygen atoms in total. The van der Waals surface area contributed by atoms with Crippen LogP contribution in [0.4, 0.5) is 0 Å². The molecule has 0 unspecified atom stereocenters. The van der Waals surface area contributed by atoms with Gasteiger partial charge in [-0.05, 0) is 68.1 Å². The lowest BCUT2D eigenvalue weighted by molar-refractivity contribution is 0.724. The van der Waals surface area contributed by atoms with E-state index in [2.05, 4.69) is 194 Å². The molecule has 4 heteroatoms. The Labute approximate surface area is 353 Å². The van der Waals surface area contributed by atoms with E-state index in [1.165, 1.54) is 54.1 Å². The smallest absolute Gasteiger partial charge is 0.160 e. The minimum Gasteiger partial charge on any atom is -0.256 e. The number of pyridine rings is 1. The fourth-order valence-corrected chi connectivity index (χ4v) is 11.1. The van der Waals surface area contributed by atoms with Crippen molar-refractivity contribution in [2.24, 2.45) is 0 Å². The third-order valence-electron chi connectivity index (χ3n) is 12.2. The van der Waals surface area contributed by atoms with Crippen LogP contribution in [-0.2, 0) is 5.41 Å². The second kappa shape index (κ2) is 13.9. The maximum absolute atomic E-state index is 5.39. The molecule has 280 valence electrons. The summed E-state index contributed by atoms with van der Waals surface area (Å²) in [7, 11) is 0. The van der Waals surface area contributed by atoms with Crippen LogP contribution in [0.25, 0.3) is 78.2 Å². The number of benzene rings is 8. The molecule has 10 aromatic rings. The van der Waals surface area contributed by atoms with E-state index in [1.54, 1.807) is 0 Å². The standard InChI is InChI=1S/C56H35N3S/c1-3-17-37(18-4-1)50-35-51(59-55(58-50)38-19-5-2-6-20-38)45-27-15-31-49-54(45)60-53-42(39-21-13-22-40(34-39)52-41-23-8-7-16-36(41)32-33-57-52)26-14-30-48(53)56(49)46-28-11-9-24-43(46)44-25-10-12-29-47(44)56/h1-35H. The largest absolute Gasteiger partial charge is 0.256 e. The number of rotatable bonds is 5. The summed E-state index contributed by atoms with van der Waals surface area (Å²) >= 11 is 1.87. The zero-order chi connectivity index (χ0) is 39.6. The van der Waals surface area contributed by atoms with Crippen LogP contribution in [0.1, 0.15) is 22.3 Å². The third-order valence-corrected chi connectivity index (χ3v) is 13.5. The molecule has 2 aromatic heterocycles. The average Bonchev–Trinajstić information content (AvgIpc) is 3.62. The Morgan fingerprint density at radius 3 is 1.65 bits per heavy atom. The van der Waals surface area contributed by atoms with Gasteiger partial charge in [-0.2, -0.15) is 0 Å². The van der Waals surface area contributed by atoms with Crippen LogP contribution in [0.15, 0.2) is 222 Å². The first-order valence-electron chi connectivity index (χ1n) is 20.3. The Morgan fingerprint density at radius 2 is 0.900 bits per heavy atom. The van der Waals surface area contributed by atoms with Gasteiger partial charge < -0.3 is 0 Å². The fraction of sp³-hybridized carbons (Fsp3) is 0.0179. The first-order valence-corrected chi connectivity index (χ1v) is 21.2. The van der Waals surface area contributed by atoms with Gasteiger partial charge in [0.1, 0.15) is 0 Å². The van der Waals surface area contributed by atoms with Crippen molar-refractivity contribution in [1.82, 2.24) is 15.0 Å². The van der Waals surface area contributed by atoms with E-state index < -0.39 is 5.41 Å². The molecule has 0 N–H and O–H groups in total. The lowest BCUT2D eigenvalue weighted by Crippen LogP contribution is -2.32. The molecule has 3 heterocycles. The molecule has 0 amide bonds. The maximum atomic E-state index is 5.39. The van der Waals surface area contributed by atoms with Crippen molar-refractivity contribution in [1.29, 1.82) is 0 Å². The molecular weight excluding hydrogens is 747 g/mol. The summed E-state index contributed by atoms with van der Waals surface area (Å²) in [6.45, 7) is 0. The average molecular weight is 782 g/mol. The summed E-state index contributed by atoms with van der Waals surface area (Å²) in [5.41, 5.74) is 16.5. The summed E-state index contributed by atoms with van der Waals surface area (Å²) in [6, 6.07) is 74.2. The predicted octanol–water partition coefficient (Wildman–Crippen LogP) is 14.2. The van der Waals surface area contributed by atoms with Crippen molar-refractivity contribution >= 4 is 22.5 Å². The van der Waals surface area contributed by atoms with Gasteiger partial charge >= 0.3 is 0 Å². The highest BCUT2D eigenvalue weighted by Gasteiger charge is 2.51. The first kappa shape index (κ1) is 34.6. The highest BCUT2D eigenvalue weighted by Crippen LogP contribution is 2.64. The molecule has 0 saturated heterocycles. The quantitative estimate of drug-likeness (QED) is 0.174. The molecule has 0 atom stereocenters. The van der Waals surface area contributed by atoms with E-state index >= 15 is 0 Å². The second-order valence-corrected chi connectivity index (χ2v) is 16.5.